The van der Waals surface area contributed by atoms with Crippen molar-refractivity contribution in [1.82, 2.24) is 0 Å². The summed E-state index contributed by atoms with van der Waals surface area (Å²) in [6, 6.07) is 18.3. The molecule has 3 aromatic carbocycles. The largest absolute Gasteiger partial charge is 0.391 e. The van der Waals surface area contributed by atoms with Crippen LogP contribution in [-0.4, -0.2) is 11.2 Å². The summed E-state index contributed by atoms with van der Waals surface area (Å²) in [5.41, 5.74) is 7.37. The summed E-state index contributed by atoms with van der Waals surface area (Å²) >= 11 is 0. The van der Waals surface area contributed by atoms with E-state index >= 15 is 0 Å². The van der Waals surface area contributed by atoms with Gasteiger partial charge in [0.2, 0.25) is 0 Å². The second-order valence-corrected chi connectivity index (χ2v) is 5.99. The molecule has 0 bridgehead atoms. The second kappa shape index (κ2) is 6.66. The van der Waals surface area contributed by atoms with Gasteiger partial charge in [-0.25, -0.2) is 0 Å². The van der Waals surface area contributed by atoms with Crippen LogP contribution >= 0.6 is 12.4 Å². The Labute approximate surface area is 137 Å². The number of rotatable bonds is 3. The Balaban J connectivity index is 0.00000176. The fourth-order valence-corrected chi connectivity index (χ4v) is 2.96. The quantitative estimate of drug-likeness (QED) is 0.702. The first-order valence-electron chi connectivity index (χ1n) is 7.43. The van der Waals surface area contributed by atoms with Crippen molar-refractivity contribution in [2.24, 2.45) is 11.7 Å². The minimum absolute atomic E-state index is 0. The zero-order chi connectivity index (χ0) is 15.0. The van der Waals surface area contributed by atoms with Crippen molar-refractivity contribution in [2.75, 3.05) is 0 Å². The van der Waals surface area contributed by atoms with Crippen molar-refractivity contribution in [3.05, 3.63) is 60.2 Å². The molecule has 0 fully saturated rings. The maximum absolute atomic E-state index is 10.4. The molecule has 0 aromatic heterocycles. The van der Waals surface area contributed by atoms with Gasteiger partial charge in [0, 0.05) is 0 Å². The predicted octanol–water partition coefficient (Wildman–Crippen LogP) is 4.43. The summed E-state index contributed by atoms with van der Waals surface area (Å²) in [6.07, 6.45) is -0.547. The van der Waals surface area contributed by atoms with Gasteiger partial charge in [0.25, 0.3) is 0 Å². The van der Waals surface area contributed by atoms with Crippen molar-refractivity contribution >= 4 is 34.0 Å². The number of fused-ring (bicyclic) bond motifs is 3. The number of hydrogen-bond donors (Lipinski definition) is 2. The first-order valence-corrected chi connectivity index (χ1v) is 7.43. The van der Waals surface area contributed by atoms with E-state index in [0.29, 0.717) is 0 Å². The molecular weight excluding hydrogens is 294 g/mol. The van der Waals surface area contributed by atoms with Crippen molar-refractivity contribution < 1.29 is 5.11 Å². The Bertz CT molecular complexity index is 785. The smallest absolute Gasteiger partial charge is 0.0755 e. The van der Waals surface area contributed by atoms with Crippen molar-refractivity contribution in [3.8, 4) is 0 Å². The normalized spacial score (nSPS) is 14.0. The molecule has 0 heterocycles. The molecule has 0 saturated heterocycles. The number of aliphatic hydroxyl groups excluding tert-OH is 1. The molecule has 3 rings (SSSR count). The van der Waals surface area contributed by atoms with Gasteiger partial charge in [0.1, 0.15) is 0 Å². The molecule has 0 unspecified atom stereocenters. The van der Waals surface area contributed by atoms with Gasteiger partial charge in [-0.3, -0.25) is 0 Å². The van der Waals surface area contributed by atoms with Crippen molar-refractivity contribution in [2.45, 2.75) is 26.0 Å². The first-order chi connectivity index (χ1) is 10.1. The maximum atomic E-state index is 10.4. The van der Waals surface area contributed by atoms with Gasteiger partial charge < -0.3 is 10.8 Å². The Hall–Kier alpha value is -1.61. The van der Waals surface area contributed by atoms with Crippen LogP contribution in [0.3, 0.4) is 0 Å². The standard InChI is InChI=1S/C19H21NO.ClH/c1-12(2)19(21)18(20)17-11-13-7-3-4-8-14(13)15-9-5-6-10-16(15)17;/h3-12,18-19,21H,20H2,1-2H3;1H/t18-,19+;/m1./s1. The summed E-state index contributed by atoms with van der Waals surface area (Å²) < 4.78 is 0. The van der Waals surface area contributed by atoms with Crippen LogP contribution in [0, 0.1) is 5.92 Å². The Kier molecular flexibility index (Phi) is 5.07. The molecule has 0 aliphatic carbocycles. The molecule has 0 radical (unpaired) electrons. The number of hydrogen-bond acceptors (Lipinski definition) is 2. The molecule has 0 aliphatic heterocycles. The van der Waals surface area contributed by atoms with Crippen LogP contribution in [0.2, 0.25) is 0 Å². The van der Waals surface area contributed by atoms with Gasteiger partial charge in [-0.15, -0.1) is 12.4 Å². The molecule has 3 N–H and O–H groups in total. The summed E-state index contributed by atoms with van der Waals surface area (Å²) in [7, 11) is 0. The number of aliphatic hydroxyl groups is 1. The molecular formula is C19H22ClNO. The third-order valence-corrected chi connectivity index (χ3v) is 4.21. The Morgan fingerprint density at radius 1 is 0.864 bits per heavy atom. The van der Waals surface area contributed by atoms with Gasteiger partial charge in [-0.1, -0.05) is 62.4 Å². The zero-order valence-corrected chi connectivity index (χ0v) is 13.7. The van der Waals surface area contributed by atoms with Crippen LogP contribution in [0.15, 0.2) is 54.6 Å². The lowest BCUT2D eigenvalue weighted by atomic mass is 9.88. The van der Waals surface area contributed by atoms with Crippen molar-refractivity contribution in [1.29, 1.82) is 0 Å². The number of halogens is 1. The van der Waals surface area contributed by atoms with Crippen LogP contribution < -0.4 is 5.73 Å². The molecule has 22 heavy (non-hydrogen) atoms. The lowest BCUT2D eigenvalue weighted by Gasteiger charge is -2.24. The highest BCUT2D eigenvalue weighted by atomic mass is 35.5. The summed E-state index contributed by atoms with van der Waals surface area (Å²) in [5, 5.41) is 15.1. The van der Waals surface area contributed by atoms with Crippen LogP contribution in [0.1, 0.15) is 25.5 Å². The topological polar surface area (TPSA) is 46.2 Å². The monoisotopic (exact) mass is 315 g/mol. The third kappa shape index (κ3) is 2.82. The molecule has 0 aliphatic rings. The van der Waals surface area contributed by atoms with Gasteiger partial charge >= 0.3 is 0 Å². The molecule has 3 aromatic rings. The Morgan fingerprint density at radius 3 is 2.05 bits per heavy atom. The van der Waals surface area contributed by atoms with Crippen LogP contribution in [-0.2, 0) is 0 Å². The minimum Gasteiger partial charge on any atom is -0.391 e. The van der Waals surface area contributed by atoms with Gasteiger partial charge in [0.05, 0.1) is 12.1 Å². The van der Waals surface area contributed by atoms with E-state index in [1.54, 1.807) is 0 Å². The first kappa shape index (κ1) is 16.8. The molecule has 2 nitrogen and oxygen atoms in total. The highest BCUT2D eigenvalue weighted by Gasteiger charge is 2.22. The lowest BCUT2D eigenvalue weighted by Crippen LogP contribution is -2.30. The van der Waals surface area contributed by atoms with Crippen LogP contribution in [0.4, 0.5) is 0 Å². The second-order valence-electron chi connectivity index (χ2n) is 5.99. The lowest BCUT2D eigenvalue weighted by molar-refractivity contribution is 0.0984. The predicted molar refractivity (Wildman–Crippen MR) is 96.5 cm³/mol. The average molecular weight is 316 g/mol. The van der Waals surface area contributed by atoms with E-state index in [0.717, 1.165) is 16.3 Å². The molecule has 0 amide bonds. The van der Waals surface area contributed by atoms with E-state index in [4.69, 9.17) is 5.73 Å². The van der Waals surface area contributed by atoms with Crippen molar-refractivity contribution in [3.63, 3.8) is 0 Å². The fraction of sp³-hybridized carbons (Fsp3) is 0.263. The maximum Gasteiger partial charge on any atom is 0.0755 e. The number of nitrogens with two attached hydrogens (primary N) is 1. The SMILES string of the molecule is CC(C)[C@H](O)[C@H](N)c1cc2ccccc2c2ccccc12.Cl. The van der Waals surface area contributed by atoms with E-state index in [1.165, 1.54) is 10.8 Å². The van der Waals surface area contributed by atoms with Gasteiger partial charge in [0.15, 0.2) is 0 Å². The highest BCUT2D eigenvalue weighted by Crippen LogP contribution is 2.33. The molecule has 2 atom stereocenters. The molecule has 116 valence electrons. The van der Waals surface area contributed by atoms with E-state index in [9.17, 15) is 5.11 Å². The van der Waals surface area contributed by atoms with Crippen LogP contribution in [0.25, 0.3) is 21.5 Å². The zero-order valence-electron chi connectivity index (χ0n) is 12.9. The highest BCUT2D eigenvalue weighted by molar-refractivity contribution is 6.09. The molecule has 0 spiro atoms. The third-order valence-electron chi connectivity index (χ3n) is 4.21. The number of benzene rings is 3. The summed E-state index contributed by atoms with van der Waals surface area (Å²) in [5.74, 6) is 0.130. The van der Waals surface area contributed by atoms with E-state index in [2.05, 4.69) is 36.4 Å². The summed E-state index contributed by atoms with van der Waals surface area (Å²) in [6.45, 7) is 3.99. The minimum atomic E-state index is -0.547. The summed E-state index contributed by atoms with van der Waals surface area (Å²) in [4.78, 5) is 0. The van der Waals surface area contributed by atoms with E-state index < -0.39 is 6.10 Å². The van der Waals surface area contributed by atoms with E-state index in [1.807, 2.05) is 32.0 Å². The van der Waals surface area contributed by atoms with Gasteiger partial charge in [-0.05, 0) is 39.1 Å². The fourth-order valence-electron chi connectivity index (χ4n) is 2.96. The molecule has 3 heteroatoms. The van der Waals surface area contributed by atoms with Crippen LogP contribution in [0.5, 0.6) is 0 Å². The van der Waals surface area contributed by atoms with E-state index in [-0.39, 0.29) is 24.4 Å². The average Bonchev–Trinajstić information content (AvgIpc) is 2.52. The Morgan fingerprint density at radius 2 is 1.41 bits per heavy atom. The van der Waals surface area contributed by atoms with Gasteiger partial charge in [-0.2, -0.15) is 0 Å². The molecule has 0 saturated carbocycles.